The summed E-state index contributed by atoms with van der Waals surface area (Å²) >= 11 is 0. The molecule has 1 amide bonds. The van der Waals surface area contributed by atoms with Gasteiger partial charge in [-0.05, 0) is 62.8 Å². The van der Waals surface area contributed by atoms with Gasteiger partial charge in [0.25, 0.3) is 0 Å². The summed E-state index contributed by atoms with van der Waals surface area (Å²) in [4.78, 5) is 12.5. The fourth-order valence-electron chi connectivity index (χ4n) is 3.61. The lowest BCUT2D eigenvalue weighted by molar-refractivity contribution is -0.121. The third-order valence-corrected chi connectivity index (χ3v) is 6.92. The second-order valence-corrected chi connectivity index (χ2v) is 9.56. The van der Waals surface area contributed by atoms with Crippen molar-refractivity contribution in [3.05, 3.63) is 59.2 Å². The van der Waals surface area contributed by atoms with Crippen LogP contribution in [0.25, 0.3) is 0 Å². The average Bonchev–Trinajstić information content (AvgIpc) is 3.22. The minimum absolute atomic E-state index is 0.0434. The predicted molar refractivity (Wildman–Crippen MR) is 117 cm³/mol. The first-order valence-corrected chi connectivity index (χ1v) is 11.9. The Hall–Kier alpha value is -2.38. The van der Waals surface area contributed by atoms with Crippen LogP contribution in [-0.4, -0.2) is 27.0 Å². The molecule has 1 aliphatic carbocycles. The Kier molecular flexibility index (Phi) is 7.50. The first-order chi connectivity index (χ1) is 14.3. The van der Waals surface area contributed by atoms with Crippen LogP contribution in [-0.2, 0) is 21.4 Å². The molecule has 2 aromatic carbocycles. The van der Waals surface area contributed by atoms with Crippen molar-refractivity contribution in [2.24, 2.45) is 0 Å². The van der Waals surface area contributed by atoms with Crippen LogP contribution in [0.2, 0.25) is 0 Å². The van der Waals surface area contributed by atoms with Gasteiger partial charge in [-0.25, -0.2) is 13.1 Å². The van der Waals surface area contributed by atoms with Gasteiger partial charge in [0.15, 0.2) is 0 Å². The van der Waals surface area contributed by atoms with Crippen LogP contribution in [0.3, 0.4) is 0 Å². The Morgan fingerprint density at radius 3 is 2.60 bits per heavy atom. The molecule has 0 saturated heterocycles. The maximum Gasteiger partial charge on any atom is 0.240 e. The summed E-state index contributed by atoms with van der Waals surface area (Å²) in [6.45, 7) is 4.00. The minimum Gasteiger partial charge on any atom is -0.490 e. The normalized spacial score (nSPS) is 14.6. The van der Waals surface area contributed by atoms with E-state index in [0.29, 0.717) is 12.1 Å². The van der Waals surface area contributed by atoms with Crippen molar-refractivity contribution in [1.29, 1.82) is 0 Å². The molecule has 1 aliphatic rings. The summed E-state index contributed by atoms with van der Waals surface area (Å²) in [6, 6.07) is 13.0. The van der Waals surface area contributed by atoms with Crippen LogP contribution in [0, 0.1) is 13.8 Å². The molecule has 6 nitrogen and oxygen atoms in total. The highest BCUT2D eigenvalue weighted by molar-refractivity contribution is 7.89. The van der Waals surface area contributed by atoms with Crippen molar-refractivity contribution in [3.8, 4) is 5.75 Å². The number of aryl methyl sites for hydroxylation is 2. The lowest BCUT2D eigenvalue weighted by Gasteiger charge is -2.17. The number of para-hydroxylation sites is 1. The fraction of sp³-hybridized carbons (Fsp3) is 0.435. The van der Waals surface area contributed by atoms with Crippen LogP contribution in [0.5, 0.6) is 5.75 Å². The van der Waals surface area contributed by atoms with E-state index in [1.54, 1.807) is 19.1 Å². The van der Waals surface area contributed by atoms with Crippen LogP contribution in [0.4, 0.5) is 0 Å². The van der Waals surface area contributed by atoms with E-state index < -0.39 is 10.0 Å². The summed E-state index contributed by atoms with van der Waals surface area (Å²) in [5, 5.41) is 2.86. The van der Waals surface area contributed by atoms with Crippen LogP contribution >= 0.6 is 0 Å². The standard InChI is InChI=1S/C23H30N2O4S/c1-17-11-12-18(2)22(15-17)30(27,28)25-14-13-23(26)24-16-19-7-3-6-10-21(19)29-20-8-4-5-9-20/h3,6-7,10-12,15,20,25H,4-5,8-9,13-14,16H2,1-2H3,(H,24,26). The molecule has 0 unspecified atom stereocenters. The quantitative estimate of drug-likeness (QED) is 0.636. The lowest BCUT2D eigenvalue weighted by atomic mass is 10.2. The van der Waals surface area contributed by atoms with E-state index in [1.807, 2.05) is 37.3 Å². The SMILES string of the molecule is Cc1ccc(C)c(S(=O)(=O)NCCC(=O)NCc2ccccc2OC2CCCC2)c1. The summed E-state index contributed by atoms with van der Waals surface area (Å²) in [5.41, 5.74) is 2.47. The van der Waals surface area contributed by atoms with Gasteiger partial charge in [-0.15, -0.1) is 0 Å². The summed E-state index contributed by atoms with van der Waals surface area (Å²) < 4.78 is 33.6. The van der Waals surface area contributed by atoms with Crippen molar-refractivity contribution >= 4 is 15.9 Å². The second-order valence-electron chi connectivity index (χ2n) is 7.83. The van der Waals surface area contributed by atoms with E-state index >= 15 is 0 Å². The molecule has 2 N–H and O–H groups in total. The number of sulfonamides is 1. The largest absolute Gasteiger partial charge is 0.490 e. The van der Waals surface area contributed by atoms with Crippen molar-refractivity contribution in [3.63, 3.8) is 0 Å². The molecule has 0 radical (unpaired) electrons. The first kappa shape index (κ1) is 22.3. The average molecular weight is 431 g/mol. The summed E-state index contributed by atoms with van der Waals surface area (Å²) in [7, 11) is -3.65. The monoisotopic (exact) mass is 430 g/mol. The summed E-state index contributed by atoms with van der Waals surface area (Å²) in [5.74, 6) is 0.592. The lowest BCUT2D eigenvalue weighted by Crippen LogP contribution is -2.31. The van der Waals surface area contributed by atoms with Crippen molar-refractivity contribution in [2.45, 2.75) is 63.5 Å². The number of rotatable bonds is 9. The second kappa shape index (κ2) is 10.1. The first-order valence-electron chi connectivity index (χ1n) is 10.4. The predicted octanol–water partition coefficient (Wildman–Crippen LogP) is 3.61. The van der Waals surface area contributed by atoms with Gasteiger partial charge in [0.1, 0.15) is 5.75 Å². The Labute approximate surface area is 179 Å². The molecular weight excluding hydrogens is 400 g/mol. The van der Waals surface area contributed by atoms with Crippen molar-refractivity contribution in [2.75, 3.05) is 6.54 Å². The summed E-state index contributed by atoms with van der Waals surface area (Å²) in [6.07, 6.45) is 4.85. The van der Waals surface area contributed by atoms with E-state index in [4.69, 9.17) is 4.74 Å². The highest BCUT2D eigenvalue weighted by Crippen LogP contribution is 2.26. The Morgan fingerprint density at radius 2 is 1.83 bits per heavy atom. The number of nitrogens with one attached hydrogen (secondary N) is 2. The zero-order valence-corrected chi connectivity index (χ0v) is 18.4. The molecule has 1 fully saturated rings. The maximum absolute atomic E-state index is 12.5. The molecule has 3 rings (SSSR count). The van der Waals surface area contributed by atoms with Gasteiger partial charge < -0.3 is 10.1 Å². The molecule has 0 bridgehead atoms. The number of benzene rings is 2. The van der Waals surface area contributed by atoms with E-state index in [2.05, 4.69) is 10.0 Å². The van der Waals surface area contributed by atoms with E-state index in [-0.39, 0.29) is 29.9 Å². The third kappa shape index (κ3) is 6.06. The van der Waals surface area contributed by atoms with Crippen molar-refractivity contribution in [1.82, 2.24) is 10.0 Å². The Balaban J connectivity index is 1.49. The fourth-order valence-corrected chi connectivity index (χ4v) is 4.97. The molecule has 1 saturated carbocycles. The zero-order valence-electron chi connectivity index (χ0n) is 17.6. The molecule has 0 atom stereocenters. The number of hydrogen-bond acceptors (Lipinski definition) is 4. The molecule has 162 valence electrons. The topological polar surface area (TPSA) is 84.5 Å². The number of ether oxygens (including phenoxy) is 1. The van der Waals surface area contributed by atoms with Gasteiger partial charge in [0, 0.05) is 25.1 Å². The number of carbonyl (C=O) groups is 1. The zero-order chi connectivity index (χ0) is 21.6. The molecule has 30 heavy (non-hydrogen) atoms. The third-order valence-electron chi connectivity index (χ3n) is 5.32. The molecule has 0 heterocycles. The maximum atomic E-state index is 12.5. The molecule has 7 heteroatoms. The van der Waals surface area contributed by atoms with Gasteiger partial charge in [-0.1, -0.05) is 30.3 Å². The van der Waals surface area contributed by atoms with Crippen molar-refractivity contribution < 1.29 is 17.9 Å². The van der Waals surface area contributed by atoms with E-state index in [0.717, 1.165) is 29.7 Å². The highest BCUT2D eigenvalue weighted by atomic mass is 32.2. The minimum atomic E-state index is -3.65. The molecular formula is C23H30N2O4S. The molecule has 0 aromatic heterocycles. The van der Waals surface area contributed by atoms with Gasteiger partial charge in [-0.2, -0.15) is 0 Å². The number of carbonyl (C=O) groups excluding carboxylic acids is 1. The van der Waals surface area contributed by atoms with E-state index in [1.165, 1.54) is 12.8 Å². The van der Waals surface area contributed by atoms with Gasteiger partial charge in [0.2, 0.25) is 15.9 Å². The molecule has 0 spiro atoms. The Morgan fingerprint density at radius 1 is 1.10 bits per heavy atom. The number of hydrogen-bond donors (Lipinski definition) is 2. The highest BCUT2D eigenvalue weighted by Gasteiger charge is 2.19. The molecule has 2 aromatic rings. The van der Waals surface area contributed by atoms with E-state index in [9.17, 15) is 13.2 Å². The number of amides is 1. The van der Waals surface area contributed by atoms with Gasteiger partial charge in [0.05, 0.1) is 11.0 Å². The van der Waals surface area contributed by atoms with Gasteiger partial charge in [-0.3, -0.25) is 4.79 Å². The van der Waals surface area contributed by atoms with Crippen LogP contribution in [0.1, 0.15) is 48.8 Å². The van der Waals surface area contributed by atoms with Gasteiger partial charge >= 0.3 is 0 Å². The Bertz CT molecular complexity index is 982. The molecule has 0 aliphatic heterocycles. The van der Waals surface area contributed by atoms with Crippen LogP contribution < -0.4 is 14.8 Å². The van der Waals surface area contributed by atoms with Crippen LogP contribution in [0.15, 0.2) is 47.4 Å². The smallest absolute Gasteiger partial charge is 0.240 e.